The molecule has 1 N–H and O–H groups in total. The molecule has 0 fully saturated rings. The Labute approximate surface area is 132 Å². The Morgan fingerprint density at radius 1 is 1.04 bits per heavy atom. The number of ether oxygens (including phenoxy) is 1. The summed E-state index contributed by atoms with van der Waals surface area (Å²) in [6.45, 7) is 1.89. The third kappa shape index (κ3) is 2.34. The van der Waals surface area contributed by atoms with E-state index in [2.05, 4.69) is 19.9 Å². The van der Waals surface area contributed by atoms with Crippen molar-refractivity contribution in [2.45, 2.75) is 6.92 Å². The molecule has 114 valence electrons. The van der Waals surface area contributed by atoms with Crippen molar-refractivity contribution in [3.63, 3.8) is 0 Å². The van der Waals surface area contributed by atoms with Crippen molar-refractivity contribution < 1.29 is 9.15 Å². The Morgan fingerprint density at radius 2 is 1.96 bits per heavy atom. The molecule has 0 radical (unpaired) electrons. The van der Waals surface area contributed by atoms with Gasteiger partial charge in [-0.1, -0.05) is 6.07 Å². The standard InChI is InChI=1S/C17H14N4O2/c1-10-6-7-13(23-10)17-20-15(11-8-9-18-16(11)21-17)12-4-3-5-14(19-12)22-2/h3-9H,1-2H3,(H,18,20,21). The average Bonchev–Trinajstić information content (AvgIpc) is 3.22. The number of aromatic amines is 1. The summed E-state index contributed by atoms with van der Waals surface area (Å²) in [6, 6.07) is 11.3. The molecule has 0 unspecified atom stereocenters. The molecule has 0 amide bonds. The van der Waals surface area contributed by atoms with Gasteiger partial charge < -0.3 is 14.1 Å². The molecule has 4 rings (SSSR count). The number of nitrogens with one attached hydrogen (secondary N) is 1. The van der Waals surface area contributed by atoms with Crippen molar-refractivity contribution in [2.75, 3.05) is 7.11 Å². The molecule has 23 heavy (non-hydrogen) atoms. The fourth-order valence-electron chi connectivity index (χ4n) is 2.46. The molecular formula is C17H14N4O2. The molecule has 0 aliphatic carbocycles. The molecule has 4 aromatic rings. The van der Waals surface area contributed by atoms with E-state index in [0.29, 0.717) is 17.5 Å². The summed E-state index contributed by atoms with van der Waals surface area (Å²) in [4.78, 5) is 16.8. The quantitative estimate of drug-likeness (QED) is 0.626. The lowest BCUT2D eigenvalue weighted by Gasteiger charge is -2.06. The van der Waals surface area contributed by atoms with E-state index in [4.69, 9.17) is 9.15 Å². The summed E-state index contributed by atoms with van der Waals surface area (Å²) in [6.07, 6.45) is 1.83. The van der Waals surface area contributed by atoms with E-state index in [1.807, 2.05) is 43.5 Å². The maximum absolute atomic E-state index is 5.65. The molecule has 0 saturated carbocycles. The molecular weight excluding hydrogens is 292 g/mol. The maximum Gasteiger partial charge on any atom is 0.213 e. The highest BCUT2D eigenvalue weighted by molar-refractivity contribution is 5.90. The second-order valence-corrected chi connectivity index (χ2v) is 5.11. The van der Waals surface area contributed by atoms with E-state index >= 15 is 0 Å². The van der Waals surface area contributed by atoms with Gasteiger partial charge in [-0.3, -0.25) is 0 Å². The largest absolute Gasteiger partial charge is 0.481 e. The minimum Gasteiger partial charge on any atom is -0.481 e. The van der Waals surface area contributed by atoms with Crippen LogP contribution in [0.25, 0.3) is 34.0 Å². The SMILES string of the molecule is COc1cccc(-c2nc(-c3ccc(C)o3)nc3[nH]ccc23)n1. The maximum atomic E-state index is 5.65. The number of hydrogen-bond donors (Lipinski definition) is 1. The zero-order chi connectivity index (χ0) is 15.8. The van der Waals surface area contributed by atoms with Crippen LogP contribution in [-0.4, -0.2) is 27.0 Å². The van der Waals surface area contributed by atoms with Crippen LogP contribution in [0.15, 0.2) is 47.0 Å². The van der Waals surface area contributed by atoms with Crippen LogP contribution < -0.4 is 4.74 Å². The van der Waals surface area contributed by atoms with Gasteiger partial charge in [0.25, 0.3) is 0 Å². The minimum atomic E-state index is 0.521. The van der Waals surface area contributed by atoms with Crippen molar-refractivity contribution in [3.8, 4) is 28.9 Å². The van der Waals surface area contributed by atoms with Gasteiger partial charge in [-0.25, -0.2) is 15.0 Å². The first kappa shape index (κ1) is 13.5. The van der Waals surface area contributed by atoms with Gasteiger partial charge in [0, 0.05) is 17.6 Å². The monoisotopic (exact) mass is 306 g/mol. The Kier molecular flexibility index (Phi) is 3.08. The van der Waals surface area contributed by atoms with Crippen LogP contribution >= 0.6 is 0 Å². The first-order valence-electron chi connectivity index (χ1n) is 7.18. The lowest BCUT2D eigenvalue weighted by atomic mass is 10.2. The van der Waals surface area contributed by atoms with Crippen LogP contribution in [0.4, 0.5) is 0 Å². The highest BCUT2D eigenvalue weighted by Gasteiger charge is 2.15. The van der Waals surface area contributed by atoms with Gasteiger partial charge >= 0.3 is 0 Å². The van der Waals surface area contributed by atoms with Crippen LogP contribution in [0.3, 0.4) is 0 Å². The summed E-state index contributed by atoms with van der Waals surface area (Å²) < 4.78 is 10.9. The minimum absolute atomic E-state index is 0.521. The zero-order valence-electron chi connectivity index (χ0n) is 12.7. The Bertz CT molecular complexity index is 987. The number of nitrogens with zero attached hydrogens (tertiary/aromatic N) is 3. The lowest BCUT2D eigenvalue weighted by Crippen LogP contribution is -1.96. The van der Waals surface area contributed by atoms with Gasteiger partial charge in [0.05, 0.1) is 12.8 Å². The molecule has 0 saturated heterocycles. The van der Waals surface area contributed by atoms with Gasteiger partial charge in [0.15, 0.2) is 11.6 Å². The number of furan rings is 1. The van der Waals surface area contributed by atoms with Crippen LogP contribution in [0.2, 0.25) is 0 Å². The lowest BCUT2D eigenvalue weighted by molar-refractivity contribution is 0.398. The van der Waals surface area contributed by atoms with Crippen molar-refractivity contribution in [2.24, 2.45) is 0 Å². The fourth-order valence-corrected chi connectivity index (χ4v) is 2.46. The molecule has 0 atom stereocenters. The second kappa shape index (κ2) is 5.24. The first-order valence-corrected chi connectivity index (χ1v) is 7.18. The number of H-pyrrole nitrogens is 1. The Morgan fingerprint density at radius 3 is 2.74 bits per heavy atom. The van der Waals surface area contributed by atoms with Crippen LogP contribution in [-0.2, 0) is 0 Å². The predicted molar refractivity (Wildman–Crippen MR) is 86.1 cm³/mol. The second-order valence-electron chi connectivity index (χ2n) is 5.11. The molecule has 6 heteroatoms. The smallest absolute Gasteiger partial charge is 0.213 e. The highest BCUT2D eigenvalue weighted by atomic mass is 16.5. The van der Waals surface area contributed by atoms with E-state index in [-0.39, 0.29) is 0 Å². The van der Waals surface area contributed by atoms with Gasteiger partial charge in [-0.05, 0) is 31.2 Å². The van der Waals surface area contributed by atoms with E-state index in [1.54, 1.807) is 13.2 Å². The Hall–Kier alpha value is -3.15. The molecule has 0 bridgehead atoms. The number of aryl methyl sites for hydroxylation is 1. The molecule has 0 aliphatic heterocycles. The summed E-state index contributed by atoms with van der Waals surface area (Å²) >= 11 is 0. The molecule has 6 nitrogen and oxygen atoms in total. The molecule has 0 spiro atoms. The molecule has 4 heterocycles. The van der Waals surface area contributed by atoms with E-state index in [0.717, 1.165) is 28.2 Å². The zero-order valence-corrected chi connectivity index (χ0v) is 12.7. The number of pyridine rings is 1. The predicted octanol–water partition coefficient (Wildman–Crippen LogP) is 3.60. The fraction of sp³-hybridized carbons (Fsp3) is 0.118. The summed E-state index contributed by atoms with van der Waals surface area (Å²) in [5.41, 5.74) is 2.20. The van der Waals surface area contributed by atoms with Crippen LogP contribution in [0.5, 0.6) is 5.88 Å². The summed E-state index contributed by atoms with van der Waals surface area (Å²) in [7, 11) is 1.59. The number of aromatic nitrogens is 4. The number of hydrogen-bond acceptors (Lipinski definition) is 5. The van der Waals surface area contributed by atoms with Gasteiger partial charge in [0.2, 0.25) is 5.88 Å². The Balaban J connectivity index is 1.95. The summed E-state index contributed by atoms with van der Waals surface area (Å²) in [5.74, 6) is 2.51. The topological polar surface area (TPSA) is 76.8 Å². The summed E-state index contributed by atoms with van der Waals surface area (Å²) in [5, 5.41) is 0.901. The van der Waals surface area contributed by atoms with Gasteiger partial charge in [-0.2, -0.15) is 0 Å². The third-order valence-electron chi connectivity index (χ3n) is 3.55. The first-order chi connectivity index (χ1) is 11.2. The van der Waals surface area contributed by atoms with Gasteiger partial charge in [0.1, 0.15) is 17.1 Å². The van der Waals surface area contributed by atoms with E-state index < -0.39 is 0 Å². The van der Waals surface area contributed by atoms with Gasteiger partial charge in [-0.15, -0.1) is 0 Å². The van der Waals surface area contributed by atoms with E-state index in [9.17, 15) is 0 Å². The third-order valence-corrected chi connectivity index (χ3v) is 3.55. The van der Waals surface area contributed by atoms with Crippen molar-refractivity contribution in [3.05, 3.63) is 48.4 Å². The van der Waals surface area contributed by atoms with Crippen LogP contribution in [0.1, 0.15) is 5.76 Å². The number of rotatable bonds is 3. The molecule has 0 aliphatic rings. The average molecular weight is 306 g/mol. The van der Waals surface area contributed by atoms with Crippen molar-refractivity contribution >= 4 is 11.0 Å². The normalized spacial score (nSPS) is 11.0. The number of fused-ring (bicyclic) bond motifs is 1. The van der Waals surface area contributed by atoms with Crippen molar-refractivity contribution in [1.29, 1.82) is 0 Å². The van der Waals surface area contributed by atoms with Crippen LogP contribution in [0, 0.1) is 6.92 Å². The molecule has 4 aromatic heterocycles. The molecule has 0 aromatic carbocycles. The van der Waals surface area contributed by atoms with E-state index in [1.165, 1.54) is 0 Å². The van der Waals surface area contributed by atoms with Crippen molar-refractivity contribution in [1.82, 2.24) is 19.9 Å². The number of methoxy groups -OCH3 is 1. The highest BCUT2D eigenvalue weighted by Crippen LogP contribution is 2.29.